The molecule has 0 fully saturated rings. The van der Waals surface area contributed by atoms with Gasteiger partial charge in [-0.1, -0.05) is 0 Å². The summed E-state index contributed by atoms with van der Waals surface area (Å²) in [4.78, 5) is 35.5. The van der Waals surface area contributed by atoms with Crippen LogP contribution in [-0.2, 0) is 14.3 Å². The molecule has 144 valence electrons. The van der Waals surface area contributed by atoms with Crippen LogP contribution in [0.3, 0.4) is 0 Å². The number of aryl methyl sites for hydroxylation is 1. The highest BCUT2D eigenvalue weighted by Crippen LogP contribution is 2.23. The number of hydrogen-bond donors (Lipinski definition) is 0. The first-order chi connectivity index (χ1) is 12.9. The predicted octanol–water partition coefficient (Wildman–Crippen LogP) is 3.36. The smallest absolute Gasteiger partial charge is 0.337 e. The number of Topliss-reactive ketones (excluding diaryl/α,β-unsaturated/α-hetero) is 1. The number of hydrogen-bond acceptors (Lipinski definition) is 6. The van der Waals surface area contributed by atoms with Crippen molar-refractivity contribution >= 4 is 29.5 Å². The molecule has 0 bridgehead atoms. The number of ether oxygens (including phenoxy) is 2. The highest BCUT2D eigenvalue weighted by molar-refractivity contribution is 8.00. The minimum Gasteiger partial charge on any atom is -0.465 e. The van der Waals surface area contributed by atoms with Gasteiger partial charge in [-0.05, 0) is 51.1 Å². The Labute approximate surface area is 162 Å². The zero-order chi connectivity index (χ0) is 20.0. The average molecular weight is 389 g/mol. The van der Waals surface area contributed by atoms with Crippen LogP contribution >= 0.6 is 11.8 Å². The number of thioether (sulfide) groups is 1. The predicted molar refractivity (Wildman–Crippen MR) is 105 cm³/mol. The third kappa shape index (κ3) is 5.01. The van der Waals surface area contributed by atoms with Crippen LogP contribution in [0.15, 0.2) is 30.3 Å². The summed E-state index contributed by atoms with van der Waals surface area (Å²) in [7, 11) is 1.34. The zero-order valence-electron chi connectivity index (χ0n) is 15.9. The Morgan fingerprint density at radius 1 is 1.07 bits per heavy atom. The van der Waals surface area contributed by atoms with Gasteiger partial charge in [-0.25, -0.2) is 4.79 Å². The number of carbonyl (C=O) groups excluding carboxylic acids is 3. The lowest BCUT2D eigenvalue weighted by atomic mass is 10.2. The average Bonchev–Trinajstić information content (AvgIpc) is 2.95. The standard InChI is InChI=1S/C20H23NO5S/c1-5-26-19(23)12-27-11-18(22)17-10-13(2)21(14(17)3)16-8-6-15(7-9-16)20(24)25-4/h6-10H,5,11-12H2,1-4H3. The zero-order valence-corrected chi connectivity index (χ0v) is 16.7. The van der Waals surface area contributed by atoms with Crippen molar-refractivity contribution in [3.05, 3.63) is 52.8 Å². The maximum Gasteiger partial charge on any atom is 0.337 e. The Morgan fingerprint density at radius 2 is 1.74 bits per heavy atom. The summed E-state index contributed by atoms with van der Waals surface area (Å²) in [5, 5.41) is 0. The number of carbonyl (C=O) groups is 3. The summed E-state index contributed by atoms with van der Waals surface area (Å²) in [6, 6.07) is 8.86. The Morgan fingerprint density at radius 3 is 2.33 bits per heavy atom. The molecule has 2 aromatic rings. The molecule has 0 radical (unpaired) electrons. The topological polar surface area (TPSA) is 74.6 Å². The Hall–Kier alpha value is -2.54. The second-order valence-electron chi connectivity index (χ2n) is 5.88. The van der Waals surface area contributed by atoms with Crippen molar-refractivity contribution in [2.75, 3.05) is 25.2 Å². The summed E-state index contributed by atoms with van der Waals surface area (Å²) < 4.78 is 11.5. The van der Waals surface area contributed by atoms with Gasteiger partial charge in [0.1, 0.15) is 0 Å². The molecule has 0 amide bonds. The van der Waals surface area contributed by atoms with Gasteiger partial charge < -0.3 is 14.0 Å². The van der Waals surface area contributed by atoms with Gasteiger partial charge in [-0.2, -0.15) is 0 Å². The van der Waals surface area contributed by atoms with Crippen molar-refractivity contribution in [1.82, 2.24) is 4.57 Å². The molecule has 6 nitrogen and oxygen atoms in total. The number of aromatic nitrogens is 1. The molecule has 0 N–H and O–H groups in total. The van der Waals surface area contributed by atoms with E-state index in [1.54, 1.807) is 19.1 Å². The largest absolute Gasteiger partial charge is 0.465 e. The number of rotatable bonds is 8. The molecule has 1 aromatic carbocycles. The van der Waals surface area contributed by atoms with E-state index >= 15 is 0 Å². The van der Waals surface area contributed by atoms with Crippen LogP contribution < -0.4 is 0 Å². The molecule has 7 heteroatoms. The van der Waals surface area contributed by atoms with Crippen molar-refractivity contribution in [1.29, 1.82) is 0 Å². The third-order valence-electron chi connectivity index (χ3n) is 4.04. The summed E-state index contributed by atoms with van der Waals surface area (Å²) in [5.74, 6) is -0.365. The van der Waals surface area contributed by atoms with Crippen LogP contribution in [0, 0.1) is 13.8 Å². The van der Waals surface area contributed by atoms with E-state index < -0.39 is 5.97 Å². The highest BCUT2D eigenvalue weighted by Gasteiger charge is 2.17. The first kappa shape index (κ1) is 20.8. The van der Waals surface area contributed by atoms with Crippen LogP contribution in [0.2, 0.25) is 0 Å². The van der Waals surface area contributed by atoms with Crippen molar-refractivity contribution in [3.63, 3.8) is 0 Å². The van der Waals surface area contributed by atoms with Crippen molar-refractivity contribution < 1.29 is 23.9 Å². The number of nitrogens with zero attached hydrogens (tertiary/aromatic N) is 1. The van der Waals surface area contributed by atoms with Crippen LogP contribution in [0.1, 0.15) is 39.0 Å². The van der Waals surface area contributed by atoms with Gasteiger partial charge in [0.05, 0.1) is 30.8 Å². The lowest BCUT2D eigenvalue weighted by Crippen LogP contribution is -2.10. The molecule has 0 saturated carbocycles. The van der Waals surface area contributed by atoms with Crippen LogP contribution in [0.4, 0.5) is 0 Å². The third-order valence-corrected chi connectivity index (χ3v) is 4.94. The normalized spacial score (nSPS) is 10.5. The SMILES string of the molecule is CCOC(=O)CSCC(=O)c1cc(C)n(-c2ccc(C(=O)OC)cc2)c1C. The van der Waals surface area contributed by atoms with Gasteiger partial charge in [0.15, 0.2) is 5.78 Å². The molecule has 0 spiro atoms. The molecular weight excluding hydrogens is 366 g/mol. The monoisotopic (exact) mass is 389 g/mol. The molecule has 0 unspecified atom stereocenters. The molecular formula is C20H23NO5S. The number of ketones is 1. The first-order valence-corrected chi connectivity index (χ1v) is 9.68. The Kier molecular flexibility index (Phi) is 7.24. The fourth-order valence-corrected chi connectivity index (χ4v) is 3.51. The van der Waals surface area contributed by atoms with E-state index in [9.17, 15) is 14.4 Å². The molecule has 0 aliphatic rings. The molecule has 2 rings (SSSR count). The lowest BCUT2D eigenvalue weighted by molar-refractivity contribution is -0.139. The minimum absolute atomic E-state index is 0.0326. The van der Waals surface area contributed by atoms with Gasteiger partial charge in [0, 0.05) is 22.6 Å². The molecule has 0 atom stereocenters. The molecule has 0 saturated heterocycles. The maximum absolute atomic E-state index is 12.5. The second-order valence-corrected chi connectivity index (χ2v) is 6.87. The number of methoxy groups -OCH3 is 1. The van der Waals surface area contributed by atoms with Crippen LogP contribution in [-0.4, -0.2) is 47.5 Å². The molecule has 0 aliphatic heterocycles. The molecule has 1 aromatic heterocycles. The Bertz CT molecular complexity index is 839. The Balaban J connectivity index is 2.15. The summed E-state index contributed by atoms with van der Waals surface area (Å²) in [6.45, 7) is 5.89. The highest BCUT2D eigenvalue weighted by atomic mass is 32.2. The van der Waals surface area contributed by atoms with E-state index in [4.69, 9.17) is 9.47 Å². The van der Waals surface area contributed by atoms with E-state index in [0.717, 1.165) is 17.1 Å². The molecule has 0 aliphatic carbocycles. The lowest BCUT2D eigenvalue weighted by Gasteiger charge is -2.10. The number of esters is 2. The van der Waals surface area contributed by atoms with E-state index in [0.29, 0.717) is 17.7 Å². The van der Waals surface area contributed by atoms with Gasteiger partial charge in [0.2, 0.25) is 0 Å². The fourth-order valence-electron chi connectivity index (χ4n) is 2.81. The van der Waals surface area contributed by atoms with Crippen molar-refractivity contribution in [2.45, 2.75) is 20.8 Å². The van der Waals surface area contributed by atoms with Gasteiger partial charge >= 0.3 is 11.9 Å². The van der Waals surface area contributed by atoms with Crippen LogP contribution in [0.5, 0.6) is 0 Å². The van der Waals surface area contributed by atoms with Gasteiger partial charge in [-0.15, -0.1) is 11.8 Å². The number of benzene rings is 1. The summed E-state index contributed by atoms with van der Waals surface area (Å²) in [6.07, 6.45) is 0. The quantitative estimate of drug-likeness (QED) is 0.509. The van der Waals surface area contributed by atoms with E-state index in [1.807, 2.05) is 36.6 Å². The van der Waals surface area contributed by atoms with Gasteiger partial charge in [0.25, 0.3) is 0 Å². The van der Waals surface area contributed by atoms with E-state index in [1.165, 1.54) is 18.9 Å². The summed E-state index contributed by atoms with van der Waals surface area (Å²) >= 11 is 1.25. The first-order valence-electron chi connectivity index (χ1n) is 8.53. The fraction of sp³-hybridized carbons (Fsp3) is 0.350. The maximum atomic E-state index is 12.5. The minimum atomic E-state index is -0.392. The van der Waals surface area contributed by atoms with Gasteiger partial charge in [-0.3, -0.25) is 9.59 Å². The molecule has 27 heavy (non-hydrogen) atoms. The molecule has 1 heterocycles. The second kappa shape index (κ2) is 9.41. The van der Waals surface area contributed by atoms with E-state index in [2.05, 4.69) is 0 Å². The summed E-state index contributed by atoms with van der Waals surface area (Å²) in [5.41, 5.74) is 3.68. The van der Waals surface area contributed by atoms with E-state index in [-0.39, 0.29) is 23.3 Å². The van der Waals surface area contributed by atoms with Crippen molar-refractivity contribution in [2.24, 2.45) is 0 Å². The van der Waals surface area contributed by atoms with Crippen molar-refractivity contribution in [3.8, 4) is 5.69 Å². The van der Waals surface area contributed by atoms with Crippen LogP contribution in [0.25, 0.3) is 5.69 Å².